The third kappa shape index (κ3) is 5.38. The molecule has 20 heavy (non-hydrogen) atoms. The Morgan fingerprint density at radius 1 is 1.35 bits per heavy atom. The van der Waals surface area contributed by atoms with Gasteiger partial charge in [-0.15, -0.1) is 0 Å². The molecule has 1 aromatic carbocycles. The number of methoxy groups -OCH3 is 1. The van der Waals surface area contributed by atoms with Crippen LogP contribution in [0.5, 0.6) is 5.75 Å². The number of nitrogens with zero attached hydrogens (tertiary/aromatic N) is 1. The third-order valence-corrected chi connectivity index (χ3v) is 2.28. The summed E-state index contributed by atoms with van der Waals surface area (Å²) in [5, 5.41) is 3.61. The van der Waals surface area contributed by atoms with E-state index in [9.17, 15) is 9.59 Å². The van der Waals surface area contributed by atoms with E-state index in [-0.39, 0.29) is 0 Å². The van der Waals surface area contributed by atoms with Crippen molar-refractivity contribution in [3.63, 3.8) is 0 Å². The lowest BCUT2D eigenvalue weighted by Gasteiger charge is -2.08. The van der Waals surface area contributed by atoms with Gasteiger partial charge in [-0.3, -0.25) is 4.79 Å². The van der Waals surface area contributed by atoms with Crippen molar-refractivity contribution in [1.29, 1.82) is 0 Å². The average molecular weight is 280 g/mol. The van der Waals surface area contributed by atoms with Crippen molar-refractivity contribution in [2.24, 2.45) is 10.9 Å². The van der Waals surface area contributed by atoms with E-state index in [1.165, 1.54) is 13.1 Å². The summed E-state index contributed by atoms with van der Waals surface area (Å²) in [4.78, 5) is 26.6. The molecule has 7 heteroatoms. The summed E-state index contributed by atoms with van der Waals surface area (Å²) in [5.41, 5.74) is 5.72. The lowest BCUT2D eigenvalue weighted by Crippen LogP contribution is -2.31. The quantitative estimate of drug-likeness (QED) is 0.444. The molecule has 1 unspecified atom stereocenters. The number of nitrogens with two attached hydrogens (primary N) is 1. The largest absolute Gasteiger partial charge is 0.497 e. The smallest absolute Gasteiger partial charge is 0.347 e. The number of rotatable bonds is 7. The topological polar surface area (TPSA) is 100 Å². The van der Waals surface area contributed by atoms with Gasteiger partial charge in [0, 0.05) is 0 Å². The summed E-state index contributed by atoms with van der Waals surface area (Å²) in [6.07, 6.45) is 0.446. The molecule has 0 saturated carbocycles. The lowest BCUT2D eigenvalue weighted by molar-refractivity contribution is -0.158. The Morgan fingerprint density at radius 2 is 2.00 bits per heavy atom. The van der Waals surface area contributed by atoms with Crippen LogP contribution in [-0.4, -0.2) is 37.9 Å². The Kier molecular flexibility index (Phi) is 6.02. The van der Waals surface area contributed by atoms with Gasteiger partial charge < -0.3 is 20.0 Å². The maximum absolute atomic E-state index is 11.2. The van der Waals surface area contributed by atoms with Gasteiger partial charge in [0.2, 0.25) is 6.61 Å². The Labute approximate surface area is 116 Å². The summed E-state index contributed by atoms with van der Waals surface area (Å²) < 4.78 is 9.67. The highest BCUT2D eigenvalue weighted by Gasteiger charge is 2.14. The second-order valence-electron chi connectivity index (χ2n) is 3.82. The minimum absolute atomic E-state index is 0.399. The van der Waals surface area contributed by atoms with Gasteiger partial charge in [-0.05, 0) is 36.8 Å². The molecule has 0 aromatic heterocycles. The Morgan fingerprint density at radius 3 is 2.55 bits per heavy atom. The molecule has 0 aliphatic heterocycles. The molecule has 1 aromatic rings. The first-order chi connectivity index (χ1) is 9.52. The highest BCUT2D eigenvalue weighted by Crippen LogP contribution is 2.09. The van der Waals surface area contributed by atoms with Gasteiger partial charge >= 0.3 is 5.97 Å². The first kappa shape index (κ1) is 15.5. The second kappa shape index (κ2) is 7.78. The number of hydrogen-bond acceptors (Lipinski definition) is 6. The van der Waals surface area contributed by atoms with Crippen molar-refractivity contribution in [2.75, 3.05) is 13.7 Å². The van der Waals surface area contributed by atoms with E-state index in [1.54, 1.807) is 31.4 Å². The number of amides is 1. The third-order valence-electron chi connectivity index (χ3n) is 2.28. The molecule has 1 atom stereocenters. The molecule has 108 valence electrons. The molecule has 0 fully saturated rings. The van der Waals surface area contributed by atoms with E-state index >= 15 is 0 Å². The Hall–Kier alpha value is -2.57. The lowest BCUT2D eigenvalue weighted by atomic mass is 10.2. The van der Waals surface area contributed by atoms with Crippen molar-refractivity contribution < 1.29 is 23.9 Å². The van der Waals surface area contributed by atoms with E-state index in [4.69, 9.17) is 15.3 Å². The molecule has 0 saturated heterocycles. The highest BCUT2D eigenvalue weighted by molar-refractivity contribution is 5.82. The Bertz CT molecular complexity index is 484. The molecule has 0 aliphatic rings. The predicted molar refractivity (Wildman–Crippen MR) is 71.3 cm³/mol. The summed E-state index contributed by atoms with van der Waals surface area (Å²) >= 11 is 0. The first-order valence-electron chi connectivity index (χ1n) is 5.81. The molecule has 1 rings (SSSR count). The number of hydrogen-bond donors (Lipinski definition) is 1. The van der Waals surface area contributed by atoms with Crippen LogP contribution in [0.25, 0.3) is 0 Å². The van der Waals surface area contributed by atoms with Gasteiger partial charge in [0.25, 0.3) is 5.91 Å². The standard InChI is InChI=1S/C13H16N2O5/c1-9(13(14)17)20-12(16)8-19-15-7-10-3-5-11(18-2)6-4-10/h3-7,9H,8H2,1-2H3,(H2,14,17)/b15-7+. The number of carbonyl (C=O) groups is 2. The van der Waals surface area contributed by atoms with Crippen molar-refractivity contribution in [3.8, 4) is 5.75 Å². The Balaban J connectivity index is 2.34. The molecule has 0 aliphatic carbocycles. The second-order valence-corrected chi connectivity index (χ2v) is 3.82. The molecule has 7 nitrogen and oxygen atoms in total. The minimum Gasteiger partial charge on any atom is -0.497 e. The van der Waals surface area contributed by atoms with Crippen LogP contribution >= 0.6 is 0 Å². The van der Waals surface area contributed by atoms with Crippen LogP contribution in [0.2, 0.25) is 0 Å². The van der Waals surface area contributed by atoms with Gasteiger partial charge in [-0.25, -0.2) is 4.79 Å². The van der Waals surface area contributed by atoms with Crippen LogP contribution in [0.1, 0.15) is 12.5 Å². The maximum atomic E-state index is 11.2. The van der Waals surface area contributed by atoms with Gasteiger partial charge in [-0.1, -0.05) is 5.16 Å². The van der Waals surface area contributed by atoms with Crippen LogP contribution < -0.4 is 10.5 Å². The van der Waals surface area contributed by atoms with E-state index in [2.05, 4.69) is 9.89 Å². The van der Waals surface area contributed by atoms with Crippen LogP contribution in [0.4, 0.5) is 0 Å². The van der Waals surface area contributed by atoms with Crippen LogP contribution in [0.15, 0.2) is 29.4 Å². The van der Waals surface area contributed by atoms with Crippen LogP contribution in [0, 0.1) is 0 Å². The van der Waals surface area contributed by atoms with Crippen LogP contribution in [-0.2, 0) is 19.2 Å². The average Bonchev–Trinajstić information content (AvgIpc) is 2.44. The number of ether oxygens (including phenoxy) is 2. The number of oxime groups is 1. The SMILES string of the molecule is COc1ccc(/C=N/OCC(=O)OC(C)C(N)=O)cc1. The zero-order valence-electron chi connectivity index (χ0n) is 11.2. The fraction of sp³-hybridized carbons (Fsp3) is 0.308. The fourth-order valence-corrected chi connectivity index (χ4v) is 1.17. The number of carbonyl (C=O) groups excluding carboxylic acids is 2. The van der Waals surface area contributed by atoms with Crippen molar-refractivity contribution in [2.45, 2.75) is 13.0 Å². The van der Waals surface area contributed by atoms with Gasteiger partial charge in [-0.2, -0.15) is 0 Å². The van der Waals surface area contributed by atoms with E-state index in [0.717, 1.165) is 11.3 Å². The molecular weight excluding hydrogens is 264 g/mol. The predicted octanol–water partition coefficient (Wildman–Crippen LogP) is 0.463. The summed E-state index contributed by atoms with van der Waals surface area (Å²) in [7, 11) is 1.57. The minimum atomic E-state index is -0.989. The maximum Gasteiger partial charge on any atom is 0.347 e. The molecule has 1 amide bonds. The number of esters is 1. The molecule has 0 spiro atoms. The number of benzene rings is 1. The number of primary amides is 1. The first-order valence-corrected chi connectivity index (χ1v) is 5.81. The van der Waals surface area contributed by atoms with Gasteiger partial charge in [0.15, 0.2) is 6.10 Å². The van der Waals surface area contributed by atoms with Crippen molar-refractivity contribution >= 4 is 18.1 Å². The fourth-order valence-electron chi connectivity index (χ4n) is 1.17. The zero-order valence-corrected chi connectivity index (χ0v) is 11.2. The van der Waals surface area contributed by atoms with Crippen LogP contribution in [0.3, 0.4) is 0 Å². The highest BCUT2D eigenvalue weighted by atomic mass is 16.7. The normalized spacial score (nSPS) is 11.9. The zero-order chi connectivity index (χ0) is 15.0. The summed E-state index contributed by atoms with van der Waals surface area (Å²) in [5.74, 6) is -0.713. The molecular formula is C13H16N2O5. The monoisotopic (exact) mass is 280 g/mol. The van der Waals surface area contributed by atoms with E-state index in [0.29, 0.717) is 0 Å². The van der Waals surface area contributed by atoms with E-state index < -0.39 is 24.6 Å². The van der Waals surface area contributed by atoms with Gasteiger partial charge in [0.05, 0.1) is 13.3 Å². The molecule has 0 bridgehead atoms. The molecule has 0 radical (unpaired) electrons. The molecule has 0 heterocycles. The summed E-state index contributed by atoms with van der Waals surface area (Å²) in [6, 6.07) is 7.09. The van der Waals surface area contributed by atoms with Gasteiger partial charge in [0.1, 0.15) is 5.75 Å². The van der Waals surface area contributed by atoms with E-state index in [1.807, 2.05) is 0 Å². The van der Waals surface area contributed by atoms with Crippen molar-refractivity contribution in [3.05, 3.63) is 29.8 Å². The summed E-state index contributed by atoms with van der Waals surface area (Å²) in [6.45, 7) is 0.977. The molecule has 2 N–H and O–H groups in total. The van der Waals surface area contributed by atoms with Crippen molar-refractivity contribution in [1.82, 2.24) is 0 Å².